The second kappa shape index (κ2) is 23.4. The molecule has 2 fully saturated rings. The zero-order valence-electron chi connectivity index (χ0n) is 26.0. The Morgan fingerprint density at radius 1 is 0.725 bits per heavy atom. The standard InChI is InChI=1S/C33H61NO6/c1-3-4-5-6-7-8-9-10-11-12-13-14-15-16-18-21-30-33(39-29(2)35)31(28-38-30)40-32(36)22-19-17-20-23-34-24-26-37-27-25-34/h30-31,33H,3-28H2,1-2H3/t30-,31-,33-/m1/s1. The maximum absolute atomic E-state index is 12.5. The van der Waals surface area contributed by atoms with Crippen LogP contribution < -0.4 is 0 Å². The second-order valence-electron chi connectivity index (χ2n) is 12.0. The molecule has 0 aromatic rings. The highest BCUT2D eigenvalue weighted by molar-refractivity contribution is 5.70. The first-order chi connectivity index (χ1) is 19.6. The Balaban J connectivity index is 1.48. The quantitative estimate of drug-likeness (QED) is 0.0889. The van der Waals surface area contributed by atoms with Gasteiger partial charge in [0.1, 0.15) is 0 Å². The Bertz CT molecular complexity index is 638. The van der Waals surface area contributed by atoms with Gasteiger partial charge in [0.15, 0.2) is 12.2 Å². The second-order valence-corrected chi connectivity index (χ2v) is 12.0. The van der Waals surface area contributed by atoms with Crippen molar-refractivity contribution in [3.8, 4) is 0 Å². The third-order valence-corrected chi connectivity index (χ3v) is 8.34. The monoisotopic (exact) mass is 567 g/mol. The van der Waals surface area contributed by atoms with Crippen LogP contribution in [0, 0.1) is 0 Å². The lowest BCUT2D eigenvalue weighted by Gasteiger charge is -2.26. The Morgan fingerprint density at radius 3 is 1.85 bits per heavy atom. The molecule has 2 rings (SSSR count). The molecule has 0 saturated carbocycles. The summed E-state index contributed by atoms with van der Waals surface area (Å²) in [4.78, 5) is 26.6. The van der Waals surface area contributed by atoms with Crippen molar-refractivity contribution in [3.63, 3.8) is 0 Å². The van der Waals surface area contributed by atoms with Crippen molar-refractivity contribution in [1.82, 2.24) is 4.90 Å². The number of rotatable bonds is 24. The van der Waals surface area contributed by atoms with Gasteiger partial charge in [-0.05, 0) is 25.8 Å². The zero-order valence-corrected chi connectivity index (χ0v) is 26.0. The first-order valence-corrected chi connectivity index (χ1v) is 16.9. The van der Waals surface area contributed by atoms with Crippen LogP contribution in [0.4, 0.5) is 0 Å². The van der Waals surface area contributed by atoms with Gasteiger partial charge in [-0.2, -0.15) is 0 Å². The summed E-state index contributed by atoms with van der Waals surface area (Å²) >= 11 is 0. The summed E-state index contributed by atoms with van der Waals surface area (Å²) in [5, 5.41) is 0. The lowest BCUT2D eigenvalue weighted by molar-refractivity contribution is -0.164. The minimum absolute atomic E-state index is 0.183. The summed E-state index contributed by atoms with van der Waals surface area (Å²) < 4.78 is 22.6. The molecule has 0 radical (unpaired) electrons. The van der Waals surface area contributed by atoms with Crippen LogP contribution >= 0.6 is 0 Å². The molecule has 0 unspecified atom stereocenters. The fourth-order valence-corrected chi connectivity index (χ4v) is 5.89. The summed E-state index contributed by atoms with van der Waals surface area (Å²) in [5.74, 6) is -0.564. The lowest BCUT2D eigenvalue weighted by Crippen LogP contribution is -2.37. The Morgan fingerprint density at radius 2 is 1.27 bits per heavy atom. The van der Waals surface area contributed by atoms with Gasteiger partial charge in [-0.3, -0.25) is 14.5 Å². The van der Waals surface area contributed by atoms with Crippen molar-refractivity contribution in [2.24, 2.45) is 0 Å². The van der Waals surface area contributed by atoms with Gasteiger partial charge < -0.3 is 18.9 Å². The van der Waals surface area contributed by atoms with E-state index < -0.39 is 12.2 Å². The van der Waals surface area contributed by atoms with Crippen molar-refractivity contribution >= 4 is 11.9 Å². The van der Waals surface area contributed by atoms with Gasteiger partial charge >= 0.3 is 11.9 Å². The normalized spacial score (nSPS) is 21.5. The maximum Gasteiger partial charge on any atom is 0.306 e. The molecule has 7 heteroatoms. The molecule has 0 bridgehead atoms. The van der Waals surface area contributed by atoms with Gasteiger partial charge in [0.25, 0.3) is 0 Å². The molecule has 0 aliphatic carbocycles. The number of carbonyl (C=O) groups is 2. The van der Waals surface area contributed by atoms with Crippen molar-refractivity contribution < 1.29 is 28.5 Å². The predicted octanol–water partition coefficient (Wildman–Crippen LogP) is 7.38. The average molecular weight is 568 g/mol. The molecule has 2 heterocycles. The van der Waals surface area contributed by atoms with E-state index in [-0.39, 0.29) is 18.0 Å². The Labute approximate surface area is 245 Å². The molecule has 3 atom stereocenters. The maximum atomic E-state index is 12.5. The number of hydrogen-bond donors (Lipinski definition) is 0. The van der Waals surface area contributed by atoms with E-state index in [1.165, 1.54) is 96.8 Å². The zero-order chi connectivity index (χ0) is 28.7. The highest BCUT2D eigenvalue weighted by Gasteiger charge is 2.41. The minimum atomic E-state index is -0.494. The minimum Gasteiger partial charge on any atom is -0.456 e. The molecule has 7 nitrogen and oxygen atoms in total. The van der Waals surface area contributed by atoms with E-state index in [2.05, 4.69) is 11.8 Å². The van der Waals surface area contributed by atoms with Crippen LogP contribution in [0.1, 0.15) is 142 Å². The van der Waals surface area contributed by atoms with Gasteiger partial charge in [-0.25, -0.2) is 0 Å². The lowest BCUT2D eigenvalue weighted by atomic mass is 10.0. The molecule has 2 aliphatic heterocycles. The summed E-state index contributed by atoms with van der Waals surface area (Å²) in [6, 6.07) is 0. The van der Waals surface area contributed by atoms with Crippen LogP contribution in [0.3, 0.4) is 0 Å². The summed E-state index contributed by atoms with van der Waals surface area (Å²) in [7, 11) is 0. The largest absolute Gasteiger partial charge is 0.456 e. The van der Waals surface area contributed by atoms with Gasteiger partial charge in [0.2, 0.25) is 0 Å². The Kier molecular flexibility index (Phi) is 20.5. The van der Waals surface area contributed by atoms with E-state index in [1.807, 2.05) is 0 Å². The molecular weight excluding hydrogens is 506 g/mol. The fourth-order valence-electron chi connectivity index (χ4n) is 5.89. The number of ether oxygens (including phenoxy) is 4. The van der Waals surface area contributed by atoms with Crippen LogP contribution in [0.15, 0.2) is 0 Å². The van der Waals surface area contributed by atoms with E-state index >= 15 is 0 Å². The van der Waals surface area contributed by atoms with E-state index in [1.54, 1.807) is 0 Å². The molecule has 0 aromatic heterocycles. The van der Waals surface area contributed by atoms with Crippen LogP contribution in [-0.2, 0) is 28.5 Å². The van der Waals surface area contributed by atoms with Crippen LogP contribution in [0.2, 0.25) is 0 Å². The van der Waals surface area contributed by atoms with Crippen LogP contribution in [0.5, 0.6) is 0 Å². The Hall–Kier alpha value is -1.18. The van der Waals surface area contributed by atoms with Crippen molar-refractivity contribution in [3.05, 3.63) is 0 Å². The molecule has 0 aromatic carbocycles. The topological polar surface area (TPSA) is 74.3 Å². The third kappa shape index (κ3) is 16.9. The molecule has 0 N–H and O–H groups in total. The molecule has 40 heavy (non-hydrogen) atoms. The first-order valence-electron chi connectivity index (χ1n) is 16.9. The van der Waals surface area contributed by atoms with Gasteiger partial charge in [-0.15, -0.1) is 0 Å². The molecule has 234 valence electrons. The third-order valence-electron chi connectivity index (χ3n) is 8.34. The highest BCUT2D eigenvalue weighted by Crippen LogP contribution is 2.26. The molecule has 0 spiro atoms. The molecule has 0 amide bonds. The van der Waals surface area contributed by atoms with Crippen molar-refractivity contribution in [2.75, 3.05) is 39.5 Å². The number of unbranched alkanes of at least 4 members (excludes halogenated alkanes) is 16. The van der Waals surface area contributed by atoms with E-state index in [4.69, 9.17) is 18.9 Å². The van der Waals surface area contributed by atoms with E-state index in [0.717, 1.165) is 65.0 Å². The van der Waals surface area contributed by atoms with Crippen molar-refractivity contribution in [1.29, 1.82) is 0 Å². The van der Waals surface area contributed by atoms with Crippen molar-refractivity contribution in [2.45, 2.75) is 161 Å². The molecule has 2 aliphatic rings. The van der Waals surface area contributed by atoms with Gasteiger partial charge in [-0.1, -0.05) is 110 Å². The van der Waals surface area contributed by atoms with Gasteiger partial charge in [0.05, 0.1) is 25.9 Å². The van der Waals surface area contributed by atoms with Gasteiger partial charge in [0, 0.05) is 26.4 Å². The molecular formula is C33H61NO6. The first kappa shape index (κ1) is 35.0. The average Bonchev–Trinajstić information content (AvgIpc) is 3.31. The number of hydrogen-bond acceptors (Lipinski definition) is 7. The summed E-state index contributed by atoms with van der Waals surface area (Å²) in [6.07, 6.45) is 23.0. The molecule has 2 saturated heterocycles. The highest BCUT2D eigenvalue weighted by atomic mass is 16.6. The van der Waals surface area contributed by atoms with Crippen LogP contribution in [-0.4, -0.2) is 74.6 Å². The smallest absolute Gasteiger partial charge is 0.306 e. The predicted molar refractivity (Wildman–Crippen MR) is 160 cm³/mol. The van der Waals surface area contributed by atoms with E-state index in [9.17, 15) is 9.59 Å². The summed E-state index contributed by atoms with van der Waals surface area (Å²) in [5.41, 5.74) is 0. The number of nitrogens with zero attached hydrogens (tertiary/aromatic N) is 1. The summed E-state index contributed by atoms with van der Waals surface area (Å²) in [6.45, 7) is 8.70. The van der Waals surface area contributed by atoms with Crippen LogP contribution in [0.25, 0.3) is 0 Å². The number of carbonyl (C=O) groups excluding carboxylic acids is 2. The number of morpholine rings is 1. The SMILES string of the molecule is CCCCCCCCCCCCCCCCC[C@H]1OC[C@@H](OC(=O)CCCCCN2CCOCC2)[C@@H]1OC(C)=O. The number of esters is 2. The fraction of sp³-hybridized carbons (Fsp3) is 0.939. The van der Waals surface area contributed by atoms with E-state index in [0.29, 0.717) is 13.0 Å².